The van der Waals surface area contributed by atoms with Crippen LogP contribution >= 0.6 is 23.2 Å². The first-order valence-corrected chi connectivity index (χ1v) is 15.5. The Labute approximate surface area is 274 Å². The van der Waals surface area contributed by atoms with Gasteiger partial charge in [0.1, 0.15) is 5.56 Å². The van der Waals surface area contributed by atoms with Crippen molar-refractivity contribution in [3.63, 3.8) is 0 Å². The fraction of sp³-hybridized carbons (Fsp3) is 0.303. The molecule has 2 aromatic heterocycles. The maximum absolute atomic E-state index is 13.1. The number of aromatic nitrogens is 3. The van der Waals surface area contributed by atoms with E-state index in [1.165, 1.54) is 20.3 Å². The van der Waals surface area contributed by atoms with Crippen molar-refractivity contribution in [2.75, 3.05) is 25.5 Å². The predicted molar refractivity (Wildman–Crippen MR) is 175 cm³/mol. The predicted octanol–water partition coefficient (Wildman–Crippen LogP) is 4.77. The quantitative estimate of drug-likeness (QED) is 0.289. The zero-order valence-electron chi connectivity index (χ0n) is 25.3. The van der Waals surface area contributed by atoms with Gasteiger partial charge in [-0.2, -0.15) is 0 Å². The van der Waals surface area contributed by atoms with Gasteiger partial charge in [0.15, 0.2) is 0 Å². The lowest BCUT2D eigenvalue weighted by molar-refractivity contribution is -0.141. The van der Waals surface area contributed by atoms with Gasteiger partial charge in [-0.05, 0) is 43.5 Å². The van der Waals surface area contributed by atoms with Gasteiger partial charge in [-0.1, -0.05) is 53.5 Å². The van der Waals surface area contributed by atoms with Gasteiger partial charge < -0.3 is 19.7 Å². The Morgan fingerprint density at radius 1 is 1.02 bits per heavy atom. The molecule has 1 aliphatic carbocycles. The highest BCUT2D eigenvalue weighted by molar-refractivity contribution is 6.39. The molecule has 2 aromatic carbocycles. The summed E-state index contributed by atoms with van der Waals surface area (Å²) in [5.41, 5.74) is 3.29. The molecule has 1 aliphatic heterocycles. The van der Waals surface area contributed by atoms with Crippen molar-refractivity contribution in [2.24, 2.45) is 20.0 Å². The van der Waals surface area contributed by atoms with Crippen molar-refractivity contribution >= 4 is 40.8 Å². The summed E-state index contributed by atoms with van der Waals surface area (Å²) in [7, 11) is 4.33. The van der Waals surface area contributed by atoms with Crippen LogP contribution in [0, 0.1) is 5.92 Å². The molecule has 2 aliphatic rings. The normalized spacial score (nSPS) is 17.6. The molecule has 1 fully saturated rings. The Morgan fingerprint density at radius 3 is 2.41 bits per heavy atom. The summed E-state index contributed by atoms with van der Waals surface area (Å²) in [4.78, 5) is 56.4. The average Bonchev–Trinajstić information content (AvgIpc) is 3.70. The Hall–Kier alpha value is -4.45. The number of hydrogen-bond acceptors (Lipinski definition) is 7. The van der Waals surface area contributed by atoms with Crippen LogP contribution in [-0.2, 0) is 25.3 Å². The highest BCUT2D eigenvalue weighted by Crippen LogP contribution is 2.46. The number of ether oxygens (including phenoxy) is 1. The lowest BCUT2D eigenvalue weighted by atomic mass is 9.99. The van der Waals surface area contributed by atoms with E-state index in [4.69, 9.17) is 32.9 Å². The second-order valence-electron chi connectivity index (χ2n) is 11.6. The number of anilines is 1. The molecule has 13 heteroatoms. The minimum Gasteiger partial charge on any atom is -0.481 e. The number of fused-ring (bicyclic) bond motifs is 1. The molecule has 0 radical (unpaired) electrons. The molecular formula is C33H31Cl2N5O6. The van der Waals surface area contributed by atoms with Crippen LogP contribution < -0.4 is 21.3 Å². The number of carbonyl (C=O) groups is 2. The Bertz CT molecular complexity index is 2020. The molecule has 2 N–H and O–H groups in total. The van der Waals surface area contributed by atoms with Gasteiger partial charge >= 0.3 is 11.7 Å². The van der Waals surface area contributed by atoms with Crippen LogP contribution in [0.15, 0.2) is 58.3 Å². The van der Waals surface area contributed by atoms with Crippen molar-refractivity contribution < 1.29 is 19.4 Å². The van der Waals surface area contributed by atoms with Crippen molar-refractivity contribution in [2.45, 2.75) is 25.3 Å². The number of benzene rings is 2. The highest BCUT2D eigenvalue weighted by Gasteiger charge is 2.38. The van der Waals surface area contributed by atoms with Crippen LogP contribution in [0.5, 0.6) is 5.88 Å². The summed E-state index contributed by atoms with van der Waals surface area (Å²) in [6.45, 7) is 1.21. The number of aliphatic carboxylic acids is 1. The standard InChI is InChI=1S/C33H31Cl2N5O6/c1-38-16-22(31(42)39(2)33(38)45)29(41)36-23-9-5-7-20(28(23)35)19-6-4-8-21(27(19)34)24-14-17-10-11-25(26(17)30(37-24)46-3)40-13-12-18(15-40)32(43)44/h4-9,14,16,18,25H,10-13,15H2,1-3H3,(H,36,41)(H,43,44)/t18-,25+/m0/s1. The van der Waals surface area contributed by atoms with E-state index in [0.717, 1.165) is 33.1 Å². The number of halogens is 2. The van der Waals surface area contributed by atoms with E-state index < -0.39 is 23.1 Å². The van der Waals surface area contributed by atoms with Crippen molar-refractivity contribution in [3.05, 3.63) is 96.2 Å². The highest BCUT2D eigenvalue weighted by atomic mass is 35.5. The van der Waals surface area contributed by atoms with E-state index in [1.807, 2.05) is 24.3 Å². The lowest BCUT2D eigenvalue weighted by Crippen LogP contribution is -2.40. The van der Waals surface area contributed by atoms with E-state index in [9.17, 15) is 24.3 Å². The molecule has 3 heterocycles. The number of pyridine rings is 1. The number of carboxylic acids is 1. The molecule has 11 nitrogen and oxygen atoms in total. The van der Waals surface area contributed by atoms with Gasteiger partial charge in [0, 0.05) is 55.1 Å². The minimum atomic E-state index is -0.765. The summed E-state index contributed by atoms with van der Waals surface area (Å²) >= 11 is 13.8. The fourth-order valence-corrected chi connectivity index (χ4v) is 7.04. The third kappa shape index (κ3) is 5.48. The molecule has 4 aromatic rings. The zero-order valence-corrected chi connectivity index (χ0v) is 26.9. The van der Waals surface area contributed by atoms with Crippen LogP contribution in [-0.4, -0.2) is 56.2 Å². The molecule has 1 saturated heterocycles. The average molecular weight is 665 g/mol. The largest absolute Gasteiger partial charge is 0.481 e. The van der Waals surface area contributed by atoms with Gasteiger partial charge in [-0.25, -0.2) is 9.78 Å². The number of nitrogens with one attached hydrogen (secondary N) is 1. The number of aryl methyl sites for hydroxylation is 2. The molecule has 0 saturated carbocycles. The summed E-state index contributed by atoms with van der Waals surface area (Å²) in [6.07, 6.45) is 3.45. The van der Waals surface area contributed by atoms with Gasteiger partial charge in [0.25, 0.3) is 11.5 Å². The molecule has 0 unspecified atom stereocenters. The van der Waals surface area contributed by atoms with Crippen molar-refractivity contribution in [1.29, 1.82) is 0 Å². The van der Waals surface area contributed by atoms with E-state index in [-0.39, 0.29) is 28.2 Å². The Balaban J connectivity index is 1.33. The Morgan fingerprint density at radius 2 is 1.72 bits per heavy atom. The summed E-state index contributed by atoms with van der Waals surface area (Å²) < 4.78 is 7.79. The van der Waals surface area contributed by atoms with E-state index in [2.05, 4.69) is 10.2 Å². The molecule has 6 rings (SSSR count). The smallest absolute Gasteiger partial charge is 0.330 e. The molecule has 0 spiro atoms. The molecule has 2 atom stereocenters. The molecule has 238 valence electrons. The Kier molecular flexibility index (Phi) is 8.49. The van der Waals surface area contributed by atoms with Crippen LogP contribution in [0.25, 0.3) is 22.4 Å². The third-order valence-corrected chi connectivity index (χ3v) is 9.65. The second kappa shape index (κ2) is 12.4. The first-order valence-electron chi connectivity index (χ1n) is 14.7. The van der Waals surface area contributed by atoms with Gasteiger partial charge in [0.2, 0.25) is 5.88 Å². The number of carboxylic acid groups (broad SMARTS) is 1. The topological polar surface area (TPSA) is 136 Å². The summed E-state index contributed by atoms with van der Waals surface area (Å²) in [5, 5.41) is 12.8. The minimum absolute atomic E-state index is 0.0374. The maximum atomic E-state index is 13.1. The van der Waals surface area contributed by atoms with Crippen LogP contribution in [0.1, 0.15) is 40.4 Å². The van der Waals surface area contributed by atoms with Gasteiger partial charge in [0.05, 0.1) is 34.5 Å². The van der Waals surface area contributed by atoms with Gasteiger partial charge in [-0.3, -0.25) is 23.9 Å². The number of rotatable bonds is 7. The molecular weight excluding hydrogens is 633 g/mol. The third-order valence-electron chi connectivity index (χ3n) is 8.84. The number of nitrogens with zero attached hydrogens (tertiary/aromatic N) is 4. The van der Waals surface area contributed by atoms with Crippen LogP contribution in [0.3, 0.4) is 0 Å². The molecule has 46 heavy (non-hydrogen) atoms. The number of carbonyl (C=O) groups excluding carboxylic acids is 1. The SMILES string of the molecule is COc1nc(-c2cccc(-c3cccc(NC(=O)c4cn(C)c(=O)n(C)c4=O)c3Cl)c2Cl)cc2c1[C@H](N1CC[C@H](C(=O)O)C1)CC2. The van der Waals surface area contributed by atoms with E-state index in [0.29, 0.717) is 52.8 Å². The number of hydrogen-bond donors (Lipinski definition) is 2. The summed E-state index contributed by atoms with van der Waals surface area (Å²) in [5.74, 6) is -1.36. The number of methoxy groups -OCH3 is 1. The van der Waals surface area contributed by atoms with Crippen LogP contribution in [0.2, 0.25) is 10.0 Å². The number of amides is 1. The number of likely N-dealkylation sites (tertiary alicyclic amines) is 1. The second-order valence-corrected chi connectivity index (χ2v) is 12.3. The van der Waals surface area contributed by atoms with Crippen LogP contribution in [0.4, 0.5) is 5.69 Å². The zero-order chi connectivity index (χ0) is 32.9. The fourth-order valence-electron chi connectivity index (χ4n) is 6.44. The van der Waals surface area contributed by atoms with E-state index >= 15 is 0 Å². The van der Waals surface area contributed by atoms with Crippen molar-refractivity contribution in [1.82, 2.24) is 19.0 Å². The molecule has 0 bridgehead atoms. The van der Waals surface area contributed by atoms with Gasteiger partial charge in [-0.15, -0.1) is 0 Å². The monoisotopic (exact) mass is 663 g/mol. The maximum Gasteiger partial charge on any atom is 0.330 e. The summed E-state index contributed by atoms with van der Waals surface area (Å²) in [6, 6.07) is 12.7. The first kappa shape index (κ1) is 31.5. The van der Waals surface area contributed by atoms with E-state index in [1.54, 1.807) is 25.3 Å². The molecule has 1 amide bonds. The lowest BCUT2D eigenvalue weighted by Gasteiger charge is -2.25. The first-order chi connectivity index (χ1) is 22.0. The van der Waals surface area contributed by atoms with Crippen molar-refractivity contribution in [3.8, 4) is 28.3 Å².